The first kappa shape index (κ1) is 18.4. The van der Waals surface area contributed by atoms with Crippen molar-refractivity contribution in [3.63, 3.8) is 0 Å². The molecule has 8 heteroatoms. The van der Waals surface area contributed by atoms with E-state index >= 15 is 0 Å². The van der Waals surface area contributed by atoms with Crippen LogP contribution in [0, 0.1) is 0 Å². The molecule has 0 bridgehead atoms. The highest BCUT2D eigenvalue weighted by atomic mass is 35.5. The summed E-state index contributed by atoms with van der Waals surface area (Å²) in [6.45, 7) is 0.0651. The summed E-state index contributed by atoms with van der Waals surface area (Å²) in [5, 5.41) is 3.57. The maximum Gasteiger partial charge on any atom is 0.338 e. The summed E-state index contributed by atoms with van der Waals surface area (Å²) < 4.78 is 15.4. The number of hydrogen-bond donors (Lipinski definition) is 1. The number of nitrogens with one attached hydrogen (secondary N) is 1. The molecule has 3 rings (SSSR count). The molecule has 0 saturated heterocycles. The van der Waals surface area contributed by atoms with E-state index in [1.165, 1.54) is 12.1 Å². The molecule has 0 spiro atoms. The van der Waals surface area contributed by atoms with Gasteiger partial charge in [-0.2, -0.15) is 0 Å². The van der Waals surface area contributed by atoms with Gasteiger partial charge >= 0.3 is 5.97 Å². The Balaban J connectivity index is 1.45. The van der Waals surface area contributed by atoms with E-state index < -0.39 is 11.9 Å². The number of benzene rings is 2. The first-order valence-corrected chi connectivity index (χ1v) is 8.56. The molecular formula is C18H15Cl2NO5. The Kier molecular flexibility index (Phi) is 5.85. The molecule has 0 saturated carbocycles. The van der Waals surface area contributed by atoms with Gasteiger partial charge in [0.15, 0.2) is 18.1 Å². The largest absolute Gasteiger partial charge is 0.454 e. The van der Waals surface area contributed by atoms with Gasteiger partial charge in [0.05, 0.1) is 10.6 Å². The van der Waals surface area contributed by atoms with Gasteiger partial charge in [0, 0.05) is 11.6 Å². The maximum atomic E-state index is 12.1. The molecule has 136 valence electrons. The molecule has 1 N–H and O–H groups in total. The number of rotatable bonds is 6. The Bertz CT molecular complexity index is 840. The van der Waals surface area contributed by atoms with Crippen LogP contribution in [-0.4, -0.2) is 31.8 Å². The number of halogens is 2. The number of ether oxygens (including phenoxy) is 3. The molecule has 6 nitrogen and oxygen atoms in total. The van der Waals surface area contributed by atoms with Crippen LogP contribution < -0.4 is 14.8 Å². The first-order valence-electron chi connectivity index (χ1n) is 7.80. The van der Waals surface area contributed by atoms with E-state index in [1.807, 2.05) is 18.2 Å². The van der Waals surface area contributed by atoms with Gasteiger partial charge in [-0.25, -0.2) is 4.79 Å². The second-order valence-corrected chi connectivity index (χ2v) is 6.34. The van der Waals surface area contributed by atoms with Gasteiger partial charge < -0.3 is 19.5 Å². The zero-order valence-corrected chi connectivity index (χ0v) is 15.1. The molecule has 2 aromatic rings. The summed E-state index contributed by atoms with van der Waals surface area (Å²) in [4.78, 5) is 23.9. The van der Waals surface area contributed by atoms with Crippen molar-refractivity contribution in [1.29, 1.82) is 0 Å². The topological polar surface area (TPSA) is 73.9 Å². The Morgan fingerprint density at radius 2 is 2.00 bits per heavy atom. The number of carbonyl (C=O) groups is 2. The molecule has 0 radical (unpaired) electrons. The highest BCUT2D eigenvalue weighted by Gasteiger charge is 2.21. The predicted molar refractivity (Wildman–Crippen MR) is 96.0 cm³/mol. The van der Waals surface area contributed by atoms with Crippen LogP contribution in [0.4, 0.5) is 0 Å². The minimum absolute atomic E-state index is 0.0442. The quantitative estimate of drug-likeness (QED) is 0.759. The third-order valence-corrected chi connectivity index (χ3v) is 4.14. The standard InChI is InChI=1S/C18H15Cl2NO5/c19-13-3-1-2-11(6-13)4-5-21-16(22)9-24-18(23)12-7-14(20)17-15(8-12)25-10-26-17/h1-3,6-8H,4-5,9-10H2,(H,21,22). The third kappa shape index (κ3) is 4.59. The van der Waals surface area contributed by atoms with Crippen molar-refractivity contribution >= 4 is 35.1 Å². The van der Waals surface area contributed by atoms with E-state index in [2.05, 4.69) is 5.32 Å². The molecule has 1 aliphatic heterocycles. The van der Waals surface area contributed by atoms with Gasteiger partial charge in [0.1, 0.15) is 0 Å². The van der Waals surface area contributed by atoms with Crippen LogP contribution >= 0.6 is 23.2 Å². The average molecular weight is 396 g/mol. The monoisotopic (exact) mass is 395 g/mol. The molecule has 1 aliphatic rings. The van der Waals surface area contributed by atoms with Crippen molar-refractivity contribution < 1.29 is 23.8 Å². The lowest BCUT2D eigenvalue weighted by Gasteiger charge is -2.08. The smallest absolute Gasteiger partial charge is 0.338 e. The molecule has 0 fully saturated rings. The Morgan fingerprint density at radius 1 is 1.15 bits per heavy atom. The van der Waals surface area contributed by atoms with E-state index in [0.717, 1.165) is 5.56 Å². The highest BCUT2D eigenvalue weighted by Crippen LogP contribution is 2.39. The second kappa shape index (κ2) is 8.29. The molecule has 0 unspecified atom stereocenters. The summed E-state index contributed by atoms with van der Waals surface area (Å²) in [6.07, 6.45) is 0.623. The van der Waals surface area contributed by atoms with Crippen molar-refractivity contribution in [3.8, 4) is 11.5 Å². The molecule has 2 aromatic carbocycles. The van der Waals surface area contributed by atoms with Crippen molar-refractivity contribution in [2.75, 3.05) is 19.9 Å². The lowest BCUT2D eigenvalue weighted by atomic mass is 10.1. The molecule has 1 heterocycles. The zero-order chi connectivity index (χ0) is 18.5. The zero-order valence-electron chi connectivity index (χ0n) is 13.6. The van der Waals surface area contributed by atoms with Crippen LogP contribution in [0.3, 0.4) is 0 Å². The summed E-state index contributed by atoms with van der Waals surface area (Å²) in [5.41, 5.74) is 1.19. The van der Waals surface area contributed by atoms with E-state index in [4.69, 9.17) is 37.4 Å². The van der Waals surface area contributed by atoms with Gasteiger partial charge in [0.25, 0.3) is 5.91 Å². The van der Waals surface area contributed by atoms with E-state index in [9.17, 15) is 9.59 Å². The first-order chi connectivity index (χ1) is 12.5. The Labute approximate surface area is 159 Å². The highest BCUT2D eigenvalue weighted by molar-refractivity contribution is 6.32. The molecular weight excluding hydrogens is 381 g/mol. The number of hydrogen-bond acceptors (Lipinski definition) is 5. The van der Waals surface area contributed by atoms with Crippen molar-refractivity contribution in [3.05, 3.63) is 57.6 Å². The van der Waals surface area contributed by atoms with Crippen molar-refractivity contribution in [2.45, 2.75) is 6.42 Å². The van der Waals surface area contributed by atoms with Crippen LogP contribution in [0.5, 0.6) is 11.5 Å². The van der Waals surface area contributed by atoms with Gasteiger partial charge in [-0.15, -0.1) is 0 Å². The lowest BCUT2D eigenvalue weighted by molar-refractivity contribution is -0.124. The fourth-order valence-electron chi connectivity index (χ4n) is 2.39. The summed E-state index contributed by atoms with van der Waals surface area (Å²) in [5.74, 6) is -0.306. The van der Waals surface area contributed by atoms with Crippen LogP contribution in [0.2, 0.25) is 10.0 Å². The second-order valence-electron chi connectivity index (χ2n) is 5.50. The maximum absolute atomic E-state index is 12.1. The van der Waals surface area contributed by atoms with Crippen LogP contribution in [0.25, 0.3) is 0 Å². The molecule has 1 amide bonds. The minimum atomic E-state index is -0.671. The van der Waals surface area contributed by atoms with Gasteiger partial charge in [-0.1, -0.05) is 35.3 Å². The van der Waals surface area contributed by atoms with Crippen LogP contribution in [0.1, 0.15) is 15.9 Å². The predicted octanol–water partition coefficient (Wildman–Crippen LogP) is 3.24. The summed E-state index contributed by atoms with van der Waals surface area (Å²) >= 11 is 11.9. The fourth-order valence-corrected chi connectivity index (χ4v) is 2.87. The van der Waals surface area contributed by atoms with Crippen molar-refractivity contribution in [1.82, 2.24) is 5.32 Å². The number of amides is 1. The lowest BCUT2D eigenvalue weighted by Crippen LogP contribution is -2.30. The van der Waals surface area contributed by atoms with Gasteiger partial charge in [-0.3, -0.25) is 4.79 Å². The van der Waals surface area contributed by atoms with Gasteiger partial charge in [0.2, 0.25) is 6.79 Å². The molecule has 0 aliphatic carbocycles. The third-order valence-electron chi connectivity index (χ3n) is 3.62. The summed E-state index contributed by atoms with van der Waals surface area (Å²) in [6, 6.07) is 10.3. The minimum Gasteiger partial charge on any atom is -0.454 e. The van der Waals surface area contributed by atoms with E-state index in [0.29, 0.717) is 29.5 Å². The van der Waals surface area contributed by atoms with E-state index in [-0.39, 0.29) is 24.0 Å². The van der Waals surface area contributed by atoms with E-state index in [1.54, 1.807) is 6.07 Å². The van der Waals surface area contributed by atoms with Crippen LogP contribution in [0.15, 0.2) is 36.4 Å². The fraction of sp³-hybridized carbons (Fsp3) is 0.222. The molecule has 26 heavy (non-hydrogen) atoms. The number of esters is 1. The number of fused-ring (bicyclic) bond motifs is 1. The number of carbonyl (C=O) groups excluding carboxylic acids is 2. The molecule has 0 aromatic heterocycles. The van der Waals surface area contributed by atoms with Crippen LogP contribution in [-0.2, 0) is 16.0 Å². The Morgan fingerprint density at radius 3 is 2.81 bits per heavy atom. The van der Waals surface area contributed by atoms with Crippen molar-refractivity contribution in [2.24, 2.45) is 0 Å². The summed E-state index contributed by atoms with van der Waals surface area (Å²) in [7, 11) is 0. The van der Waals surface area contributed by atoms with Gasteiger partial charge in [-0.05, 0) is 36.2 Å². The molecule has 0 atom stereocenters. The normalized spacial score (nSPS) is 11.9. The SMILES string of the molecule is O=C(COC(=O)c1cc(Cl)c2c(c1)OCO2)NCCc1cccc(Cl)c1. The Hall–Kier alpha value is -2.44. The average Bonchev–Trinajstić information content (AvgIpc) is 3.09.